The van der Waals surface area contributed by atoms with E-state index in [2.05, 4.69) is 17.4 Å². The van der Waals surface area contributed by atoms with E-state index in [-0.39, 0.29) is 0 Å². The van der Waals surface area contributed by atoms with Gasteiger partial charge >= 0.3 is 0 Å². The van der Waals surface area contributed by atoms with Gasteiger partial charge in [0.05, 0.1) is 23.9 Å². The van der Waals surface area contributed by atoms with Crippen molar-refractivity contribution < 1.29 is 4.74 Å². The Morgan fingerprint density at radius 1 is 1.31 bits per heavy atom. The average Bonchev–Trinajstić information content (AvgIpc) is 2.20. The number of hydrogen-bond donors (Lipinski definition) is 0. The second-order valence-electron chi connectivity index (χ2n) is 3.17. The van der Waals surface area contributed by atoms with Gasteiger partial charge < -0.3 is 9.64 Å². The molecule has 1 aliphatic heterocycles. The zero-order chi connectivity index (χ0) is 9.10. The van der Waals surface area contributed by atoms with E-state index < -0.39 is 0 Å². The van der Waals surface area contributed by atoms with Gasteiger partial charge in [-0.1, -0.05) is 23.8 Å². The van der Waals surface area contributed by atoms with Crippen LogP contribution in [0.4, 0.5) is 0 Å². The first-order valence-electron chi connectivity index (χ1n) is 4.60. The van der Waals surface area contributed by atoms with Crippen molar-refractivity contribution in [3.05, 3.63) is 29.3 Å². The van der Waals surface area contributed by atoms with Crippen LogP contribution in [0.1, 0.15) is 6.42 Å². The fourth-order valence-electron chi connectivity index (χ4n) is 1.62. The molecule has 1 saturated heterocycles. The molecule has 2 rings (SSSR count). The molecule has 0 N–H and O–H groups in total. The summed E-state index contributed by atoms with van der Waals surface area (Å²) in [6, 6.07) is 0. The predicted octanol–water partition coefficient (Wildman–Crippen LogP) is 1.93. The molecule has 0 unspecified atom stereocenters. The molecule has 0 spiro atoms. The van der Waals surface area contributed by atoms with Crippen LogP contribution >= 0.6 is 11.6 Å². The quantitative estimate of drug-likeness (QED) is 0.639. The summed E-state index contributed by atoms with van der Waals surface area (Å²) < 4.78 is 5.29. The van der Waals surface area contributed by atoms with Crippen LogP contribution in [-0.4, -0.2) is 31.2 Å². The molecule has 0 aromatic heterocycles. The average molecular weight is 199 g/mol. The highest BCUT2D eigenvalue weighted by Crippen LogP contribution is 2.25. The Hall–Kier alpha value is -0.470. The first-order chi connectivity index (χ1) is 6.38. The van der Waals surface area contributed by atoms with Gasteiger partial charge in [-0.05, 0) is 12.8 Å². The number of rotatable bonds is 1. The summed E-state index contributed by atoms with van der Waals surface area (Å²) in [6.07, 6.45) is 7.22. The molecule has 71 valence electrons. The largest absolute Gasteiger partial charge is 0.378 e. The molecule has 1 aliphatic carbocycles. The van der Waals surface area contributed by atoms with Crippen molar-refractivity contribution in [2.24, 2.45) is 0 Å². The van der Waals surface area contributed by atoms with Crippen molar-refractivity contribution in [3.63, 3.8) is 0 Å². The molecule has 0 atom stereocenters. The highest BCUT2D eigenvalue weighted by molar-refractivity contribution is 6.32. The minimum Gasteiger partial charge on any atom is -0.378 e. The molecule has 13 heavy (non-hydrogen) atoms. The third kappa shape index (κ3) is 2.06. The normalized spacial score (nSPS) is 23.9. The fraction of sp³-hybridized carbons (Fsp3) is 0.500. The van der Waals surface area contributed by atoms with Crippen LogP contribution in [0.15, 0.2) is 22.9 Å². The Morgan fingerprint density at radius 2 is 2.08 bits per heavy atom. The number of hydrogen-bond acceptors (Lipinski definition) is 2. The van der Waals surface area contributed by atoms with Crippen LogP contribution in [-0.2, 0) is 4.74 Å². The molecule has 2 nitrogen and oxygen atoms in total. The van der Waals surface area contributed by atoms with Crippen LogP contribution in [0.5, 0.6) is 0 Å². The van der Waals surface area contributed by atoms with Gasteiger partial charge in [0.1, 0.15) is 0 Å². The number of allylic oxidation sites excluding steroid dienone is 3. The first-order valence-corrected chi connectivity index (χ1v) is 4.98. The summed E-state index contributed by atoms with van der Waals surface area (Å²) in [5.41, 5.74) is 1.17. The summed E-state index contributed by atoms with van der Waals surface area (Å²) in [6.45, 7) is 3.53. The van der Waals surface area contributed by atoms with Gasteiger partial charge in [-0.3, -0.25) is 0 Å². The maximum absolute atomic E-state index is 6.10. The molecule has 0 bridgehead atoms. The molecule has 1 radical (unpaired) electrons. The molecular weight excluding hydrogens is 186 g/mol. The second kappa shape index (κ2) is 4.16. The van der Waals surface area contributed by atoms with E-state index in [1.807, 2.05) is 6.08 Å². The van der Waals surface area contributed by atoms with Crippen molar-refractivity contribution in [1.82, 2.24) is 4.90 Å². The predicted molar refractivity (Wildman–Crippen MR) is 53.3 cm³/mol. The zero-order valence-electron chi connectivity index (χ0n) is 7.50. The topological polar surface area (TPSA) is 12.5 Å². The van der Waals surface area contributed by atoms with Gasteiger partial charge in [-0.25, -0.2) is 0 Å². The van der Waals surface area contributed by atoms with Crippen LogP contribution < -0.4 is 0 Å². The fourth-order valence-corrected chi connectivity index (χ4v) is 1.90. The Labute approximate surface area is 83.8 Å². The second-order valence-corrected chi connectivity index (χ2v) is 3.58. The molecular formula is C10H13ClNO. The third-order valence-electron chi connectivity index (χ3n) is 2.31. The van der Waals surface area contributed by atoms with Crippen LogP contribution in [0, 0.1) is 6.42 Å². The molecule has 0 saturated carbocycles. The van der Waals surface area contributed by atoms with Crippen molar-refractivity contribution in [3.8, 4) is 0 Å². The standard InChI is InChI=1S/C10H13ClNO/c11-9-3-1-2-4-10(9)12-5-7-13-8-6-12/h1,3-4H,2,5-8H2. The number of ether oxygens (including phenoxy) is 1. The summed E-state index contributed by atoms with van der Waals surface area (Å²) in [7, 11) is 0. The maximum Gasteiger partial charge on any atom is 0.0642 e. The van der Waals surface area contributed by atoms with Gasteiger partial charge in [0.2, 0.25) is 0 Å². The Morgan fingerprint density at radius 3 is 2.77 bits per heavy atom. The van der Waals surface area contributed by atoms with Crippen LogP contribution in [0.25, 0.3) is 0 Å². The van der Waals surface area contributed by atoms with E-state index >= 15 is 0 Å². The summed E-state index contributed by atoms with van der Waals surface area (Å²) in [4.78, 5) is 2.29. The number of morpholine rings is 1. The number of halogens is 1. The highest BCUT2D eigenvalue weighted by atomic mass is 35.5. The molecule has 0 aromatic carbocycles. The van der Waals surface area contributed by atoms with Crippen LogP contribution in [0.2, 0.25) is 0 Å². The lowest BCUT2D eigenvalue weighted by atomic mass is 10.1. The lowest BCUT2D eigenvalue weighted by Crippen LogP contribution is -2.36. The highest BCUT2D eigenvalue weighted by Gasteiger charge is 2.16. The van der Waals surface area contributed by atoms with Gasteiger partial charge in [0.15, 0.2) is 0 Å². The van der Waals surface area contributed by atoms with Gasteiger partial charge in [-0.2, -0.15) is 0 Å². The lowest BCUT2D eigenvalue weighted by molar-refractivity contribution is 0.0549. The summed E-state index contributed by atoms with van der Waals surface area (Å²) in [5, 5.41) is 0.855. The molecule has 0 aromatic rings. The first kappa shape index (κ1) is 9.10. The molecule has 1 heterocycles. The van der Waals surface area contributed by atoms with E-state index in [0.29, 0.717) is 0 Å². The van der Waals surface area contributed by atoms with Gasteiger partial charge in [0.25, 0.3) is 0 Å². The summed E-state index contributed by atoms with van der Waals surface area (Å²) in [5.74, 6) is 0. The minimum atomic E-state index is 0.811. The lowest BCUT2D eigenvalue weighted by Gasteiger charge is -2.31. The molecule has 2 aliphatic rings. The van der Waals surface area contributed by atoms with E-state index in [1.54, 1.807) is 0 Å². The summed E-state index contributed by atoms with van der Waals surface area (Å²) >= 11 is 6.10. The van der Waals surface area contributed by atoms with Crippen molar-refractivity contribution in [1.29, 1.82) is 0 Å². The van der Waals surface area contributed by atoms with Crippen molar-refractivity contribution >= 4 is 11.6 Å². The smallest absolute Gasteiger partial charge is 0.0642 e. The van der Waals surface area contributed by atoms with Crippen LogP contribution in [0.3, 0.4) is 0 Å². The van der Waals surface area contributed by atoms with E-state index in [4.69, 9.17) is 16.3 Å². The molecule has 1 fully saturated rings. The third-order valence-corrected chi connectivity index (χ3v) is 2.63. The number of nitrogens with zero attached hydrogens (tertiary/aromatic N) is 1. The Kier molecular flexibility index (Phi) is 2.91. The molecule has 0 amide bonds. The van der Waals surface area contributed by atoms with Crippen molar-refractivity contribution in [2.75, 3.05) is 26.3 Å². The molecule has 3 heteroatoms. The van der Waals surface area contributed by atoms with E-state index in [1.165, 1.54) is 5.70 Å². The van der Waals surface area contributed by atoms with Gasteiger partial charge in [-0.15, -0.1) is 0 Å². The Balaban J connectivity index is 2.05. The Bertz CT molecular complexity index is 241. The zero-order valence-corrected chi connectivity index (χ0v) is 8.26. The van der Waals surface area contributed by atoms with Crippen molar-refractivity contribution in [2.45, 2.75) is 6.42 Å². The minimum absolute atomic E-state index is 0.811. The van der Waals surface area contributed by atoms with E-state index in [9.17, 15) is 0 Å². The SMILES string of the molecule is ClC1=C[CH]CC=C1N1CCOCC1. The van der Waals surface area contributed by atoms with E-state index in [0.717, 1.165) is 37.8 Å². The van der Waals surface area contributed by atoms with Gasteiger partial charge in [0, 0.05) is 13.1 Å². The maximum atomic E-state index is 6.10. The monoisotopic (exact) mass is 198 g/mol.